The van der Waals surface area contributed by atoms with E-state index < -0.39 is 59.8 Å². The van der Waals surface area contributed by atoms with Crippen LogP contribution in [0.2, 0.25) is 10.0 Å². The summed E-state index contributed by atoms with van der Waals surface area (Å²) in [6.07, 6.45) is 1.55. The Morgan fingerprint density at radius 3 is 1.02 bits per heavy atom. The second-order valence-electron chi connectivity index (χ2n) is 24.3. The zero-order valence-electron chi connectivity index (χ0n) is 55.7. The van der Waals surface area contributed by atoms with E-state index in [1.54, 1.807) is 107 Å². The highest BCUT2D eigenvalue weighted by molar-refractivity contribution is 6.30. The number of carbonyl (C=O) groups is 10. The number of nitrogens with zero attached hydrogens (tertiary/aromatic N) is 2. The highest BCUT2D eigenvalue weighted by atomic mass is 35.5. The van der Waals surface area contributed by atoms with Crippen LogP contribution in [0.3, 0.4) is 0 Å². The molecule has 0 aromatic heterocycles. The smallest absolute Gasteiger partial charge is 0.408 e. The van der Waals surface area contributed by atoms with Gasteiger partial charge in [-0.1, -0.05) is 132 Å². The Balaban J connectivity index is 0.787. The molecular weight excluding hydrogens is 1320 g/mol. The molecule has 2 aliphatic heterocycles. The Hall–Kier alpha value is -10.6. The monoisotopic (exact) mass is 1400 g/mol. The molecule has 7 aromatic rings. The fourth-order valence-electron chi connectivity index (χ4n) is 11.6. The highest BCUT2D eigenvalue weighted by Crippen LogP contribution is 2.30. The van der Waals surface area contributed by atoms with Crippen LogP contribution >= 0.6 is 23.2 Å². The van der Waals surface area contributed by atoms with Gasteiger partial charge in [-0.25, -0.2) is 19.2 Å². The molecule has 0 aliphatic carbocycles. The largest absolute Gasteiger partial charge is 0.467 e. The number of rotatable bonds is 32. The summed E-state index contributed by atoms with van der Waals surface area (Å²) in [5.74, 6) is -3.64. The van der Waals surface area contributed by atoms with E-state index in [0.29, 0.717) is 82.0 Å². The van der Waals surface area contributed by atoms with Crippen molar-refractivity contribution in [2.75, 3.05) is 40.4 Å². The third-order valence-electron chi connectivity index (χ3n) is 17.2. The van der Waals surface area contributed by atoms with Crippen LogP contribution < -0.4 is 31.9 Å². The summed E-state index contributed by atoms with van der Waals surface area (Å²) < 4.78 is 20.4. The minimum atomic E-state index is -0.989. The molecule has 100 heavy (non-hydrogen) atoms. The fourth-order valence-corrected chi connectivity index (χ4v) is 11.9. The van der Waals surface area contributed by atoms with Gasteiger partial charge in [0.25, 0.3) is 23.6 Å². The van der Waals surface area contributed by atoms with Crippen molar-refractivity contribution in [1.29, 1.82) is 0 Å². The average molecular weight is 1400 g/mol. The third-order valence-corrected chi connectivity index (χ3v) is 17.7. The van der Waals surface area contributed by atoms with Gasteiger partial charge in [0.05, 0.1) is 49.3 Å². The molecule has 2 atom stereocenters. The zero-order valence-corrected chi connectivity index (χ0v) is 57.2. The minimum Gasteiger partial charge on any atom is -0.467 e. The number of nitrogens with one attached hydrogen (secondary N) is 6. The molecule has 522 valence electrons. The van der Waals surface area contributed by atoms with Crippen molar-refractivity contribution >= 4 is 82.8 Å². The van der Waals surface area contributed by atoms with E-state index in [4.69, 9.17) is 42.1 Å². The highest BCUT2D eigenvalue weighted by Gasteiger charge is 2.31. The van der Waals surface area contributed by atoms with E-state index in [2.05, 4.69) is 31.9 Å². The van der Waals surface area contributed by atoms with Crippen LogP contribution in [0.5, 0.6) is 0 Å². The Labute approximate surface area is 590 Å². The van der Waals surface area contributed by atoms with Gasteiger partial charge in [-0.3, -0.25) is 28.8 Å². The van der Waals surface area contributed by atoms with Gasteiger partial charge in [0.15, 0.2) is 0 Å². The number of methoxy groups -OCH3 is 2. The lowest BCUT2D eigenvalue weighted by Crippen LogP contribution is -2.41. The molecule has 0 fully saturated rings. The molecule has 2 heterocycles. The fraction of sp³-hybridized carbons (Fsp3) is 0.316. The summed E-state index contributed by atoms with van der Waals surface area (Å²) in [7, 11) is 2.45. The maximum absolute atomic E-state index is 14.0. The molecule has 6 N–H and O–H groups in total. The van der Waals surface area contributed by atoms with Gasteiger partial charge in [0, 0.05) is 62.4 Å². The number of unbranched alkanes of at least 4 members (excludes halogenated alkanes) is 2. The van der Waals surface area contributed by atoms with Crippen LogP contribution in [-0.2, 0) is 103 Å². The summed E-state index contributed by atoms with van der Waals surface area (Å²) in [5, 5.41) is 18.0. The summed E-state index contributed by atoms with van der Waals surface area (Å²) in [6, 6.07) is 44.6. The Kier molecular flexibility index (Phi) is 27.1. The zero-order chi connectivity index (χ0) is 70.9. The van der Waals surface area contributed by atoms with Gasteiger partial charge in [-0.05, 0) is 156 Å². The predicted octanol–water partition coefficient (Wildman–Crippen LogP) is 9.84. The first kappa shape index (κ1) is 73.7. The van der Waals surface area contributed by atoms with Crippen molar-refractivity contribution in [2.45, 2.75) is 116 Å². The van der Waals surface area contributed by atoms with Gasteiger partial charge >= 0.3 is 24.1 Å². The third kappa shape index (κ3) is 21.7. The van der Waals surface area contributed by atoms with Crippen molar-refractivity contribution < 1.29 is 66.9 Å². The summed E-state index contributed by atoms with van der Waals surface area (Å²) in [5.41, 5.74) is 8.22. The molecular formula is C76H80Cl2N8O14. The molecule has 22 nitrogen and oxygen atoms in total. The Morgan fingerprint density at radius 2 is 0.700 bits per heavy atom. The quantitative estimate of drug-likeness (QED) is 0.0130. The SMILES string of the molecule is COC(=O)[C@H](CCCCNC(=O)c1cc2c(cc1C(=O)NCCc1ccc(Cl)cc1)CN(C(=O)Cc1ccc(CC(=O)N3Cc4cc(C(=O)NCCCC[C@H](NC(=O)OCc5ccccc5)C(=O)OC)c(C(=O)NCCc5ccc(Cl)cc5)cc4C3)cc1)C2)NC(=O)OCc1ccccc1. The maximum Gasteiger partial charge on any atom is 0.408 e. The van der Waals surface area contributed by atoms with Crippen molar-refractivity contribution in [3.63, 3.8) is 0 Å². The molecule has 0 saturated heterocycles. The molecule has 9 rings (SSSR count). The predicted molar refractivity (Wildman–Crippen MR) is 374 cm³/mol. The number of esters is 2. The minimum absolute atomic E-state index is 0.0136. The van der Waals surface area contributed by atoms with Crippen LogP contribution in [0, 0.1) is 0 Å². The Bertz CT molecular complexity index is 3790. The Morgan fingerprint density at radius 1 is 0.390 bits per heavy atom. The topological polar surface area (TPSA) is 286 Å². The maximum atomic E-state index is 14.0. The second kappa shape index (κ2) is 36.8. The molecule has 2 aliphatic rings. The number of ether oxygens (including phenoxy) is 4. The number of amides is 8. The number of carbonyl (C=O) groups excluding carboxylic acids is 10. The van der Waals surface area contributed by atoms with E-state index in [-0.39, 0.29) is 125 Å². The number of benzene rings is 7. The van der Waals surface area contributed by atoms with Crippen LogP contribution in [0.25, 0.3) is 0 Å². The van der Waals surface area contributed by atoms with Crippen molar-refractivity contribution in [1.82, 2.24) is 41.7 Å². The van der Waals surface area contributed by atoms with Crippen LogP contribution in [0.1, 0.15) is 136 Å². The standard InChI is InChI=1S/C76H80Cl2N8O14/c1-97-73(93)65(83-75(95)99-47-53-13-5-3-6-14-53)17-9-11-33-79-69(89)61-39-55-43-85(45-57(55)41-63(61)71(91)81-35-31-49-23-27-59(77)28-24-49)67(87)37-51-19-21-52(22-20-51)38-68(88)86-44-56-40-62(64(42-58(56)46-86)72(92)82-36-32-50-25-29-60(78)30-26-50)70(90)80-34-12-10-18-66(74(94)98-2)84-76(96)100-48-54-15-7-4-8-16-54/h3-8,13-16,19-30,39-42,65-66H,9-12,17-18,31-38,43-48H2,1-2H3,(H,79,89)(H,80,90)(H,81,91)(H,82,92)(H,83,95)(H,84,96)/t65-,66-/m0/s1. The number of fused-ring (bicyclic) bond motifs is 2. The van der Waals surface area contributed by atoms with Crippen LogP contribution in [0.4, 0.5) is 9.59 Å². The molecule has 7 aromatic carbocycles. The van der Waals surface area contributed by atoms with E-state index >= 15 is 0 Å². The van der Waals surface area contributed by atoms with Crippen molar-refractivity contribution in [3.05, 3.63) is 246 Å². The van der Waals surface area contributed by atoms with Crippen molar-refractivity contribution in [3.8, 4) is 0 Å². The lowest BCUT2D eigenvalue weighted by Gasteiger charge is -2.17. The molecule has 24 heteroatoms. The molecule has 0 radical (unpaired) electrons. The molecule has 0 bridgehead atoms. The van der Waals surface area contributed by atoms with Crippen LogP contribution in [-0.4, -0.2) is 122 Å². The van der Waals surface area contributed by atoms with Crippen LogP contribution in [0.15, 0.2) is 158 Å². The molecule has 0 spiro atoms. The number of alkyl carbamates (subject to hydrolysis) is 2. The van der Waals surface area contributed by atoms with E-state index in [1.165, 1.54) is 14.2 Å². The first-order valence-corrected chi connectivity index (χ1v) is 33.8. The lowest BCUT2D eigenvalue weighted by molar-refractivity contribution is -0.144. The first-order valence-electron chi connectivity index (χ1n) is 33.1. The van der Waals surface area contributed by atoms with Crippen molar-refractivity contribution in [2.24, 2.45) is 0 Å². The summed E-state index contributed by atoms with van der Waals surface area (Å²) in [6.45, 7) is 1.68. The van der Waals surface area contributed by atoms with Gasteiger partial charge in [0.2, 0.25) is 11.8 Å². The van der Waals surface area contributed by atoms with Gasteiger partial charge < -0.3 is 60.6 Å². The second-order valence-corrected chi connectivity index (χ2v) is 25.2. The van der Waals surface area contributed by atoms with Gasteiger partial charge in [0.1, 0.15) is 25.3 Å². The molecule has 8 amide bonds. The van der Waals surface area contributed by atoms with E-state index in [1.807, 2.05) is 60.7 Å². The number of hydrogen-bond acceptors (Lipinski definition) is 14. The molecule has 0 saturated carbocycles. The first-order chi connectivity index (χ1) is 48.4. The number of hydrogen-bond donors (Lipinski definition) is 6. The number of halogens is 2. The summed E-state index contributed by atoms with van der Waals surface area (Å²) >= 11 is 12.2. The van der Waals surface area contributed by atoms with E-state index in [0.717, 1.165) is 22.3 Å². The molecule has 0 unspecified atom stereocenters. The van der Waals surface area contributed by atoms with Gasteiger partial charge in [-0.2, -0.15) is 0 Å². The summed E-state index contributed by atoms with van der Waals surface area (Å²) in [4.78, 5) is 138. The lowest BCUT2D eigenvalue weighted by atomic mass is 9.98. The normalized spacial score (nSPS) is 12.6. The average Bonchev–Trinajstić information content (AvgIpc) is 1.64. The van der Waals surface area contributed by atoms with Gasteiger partial charge in [-0.15, -0.1) is 0 Å². The van der Waals surface area contributed by atoms with E-state index in [9.17, 15) is 47.9 Å².